The van der Waals surface area contributed by atoms with Crippen LogP contribution in [0.5, 0.6) is 0 Å². The third kappa shape index (κ3) is 2.28. The highest BCUT2D eigenvalue weighted by Gasteiger charge is 2.61. The number of carbonyl (C=O) groups is 2. The minimum absolute atomic E-state index is 0.0580. The van der Waals surface area contributed by atoms with Crippen molar-refractivity contribution in [2.45, 2.75) is 77.9 Å². The summed E-state index contributed by atoms with van der Waals surface area (Å²) in [6.45, 7) is 7.03. The Morgan fingerprint density at radius 3 is 2.67 bits per heavy atom. The van der Waals surface area contributed by atoms with E-state index in [4.69, 9.17) is 9.47 Å². The molecule has 134 valence electrons. The highest BCUT2D eigenvalue weighted by molar-refractivity contribution is 5.89. The van der Waals surface area contributed by atoms with E-state index in [2.05, 4.69) is 13.8 Å². The quantitative estimate of drug-likeness (QED) is 0.689. The summed E-state index contributed by atoms with van der Waals surface area (Å²) in [4.78, 5) is 24.3. The molecule has 0 spiro atoms. The number of carbonyl (C=O) groups excluding carboxylic acids is 2. The first-order valence-electron chi connectivity index (χ1n) is 9.68. The summed E-state index contributed by atoms with van der Waals surface area (Å²) in [5, 5.41) is 0. The Balaban J connectivity index is 1.58. The zero-order valence-electron chi connectivity index (χ0n) is 15.2. The lowest BCUT2D eigenvalue weighted by Crippen LogP contribution is -2.58. The molecule has 7 atom stereocenters. The molecule has 1 heterocycles. The Morgan fingerprint density at radius 1 is 1.12 bits per heavy atom. The summed E-state index contributed by atoms with van der Waals surface area (Å²) >= 11 is 0. The van der Waals surface area contributed by atoms with Crippen LogP contribution in [0, 0.1) is 28.6 Å². The van der Waals surface area contributed by atoms with E-state index in [0.29, 0.717) is 29.8 Å². The Morgan fingerprint density at radius 2 is 1.92 bits per heavy atom. The van der Waals surface area contributed by atoms with Gasteiger partial charge >= 0.3 is 5.97 Å². The van der Waals surface area contributed by atoms with Crippen molar-refractivity contribution in [2.75, 3.05) is 6.61 Å². The number of rotatable bonds is 1. The fourth-order valence-corrected chi connectivity index (χ4v) is 6.65. The summed E-state index contributed by atoms with van der Waals surface area (Å²) in [5.41, 5.74) is 0.410. The molecule has 0 bridgehead atoms. The van der Waals surface area contributed by atoms with E-state index < -0.39 is 6.10 Å². The average molecular weight is 334 g/mol. The molecule has 3 aliphatic carbocycles. The van der Waals surface area contributed by atoms with Crippen LogP contribution in [0.25, 0.3) is 0 Å². The van der Waals surface area contributed by atoms with Crippen molar-refractivity contribution < 1.29 is 19.1 Å². The predicted molar refractivity (Wildman–Crippen MR) is 89.3 cm³/mol. The Labute approximate surface area is 144 Å². The van der Waals surface area contributed by atoms with Crippen LogP contribution in [0.1, 0.15) is 65.7 Å². The summed E-state index contributed by atoms with van der Waals surface area (Å²) < 4.78 is 11.5. The maximum Gasteiger partial charge on any atom is 0.303 e. The van der Waals surface area contributed by atoms with Crippen LogP contribution in [0.2, 0.25) is 0 Å². The van der Waals surface area contributed by atoms with Crippen LogP contribution in [0.15, 0.2) is 0 Å². The van der Waals surface area contributed by atoms with Crippen molar-refractivity contribution in [2.24, 2.45) is 28.6 Å². The van der Waals surface area contributed by atoms with Crippen LogP contribution in [-0.4, -0.2) is 30.6 Å². The van der Waals surface area contributed by atoms with Gasteiger partial charge in [-0.2, -0.15) is 0 Å². The van der Waals surface area contributed by atoms with Gasteiger partial charge in [-0.1, -0.05) is 13.8 Å². The van der Waals surface area contributed by atoms with Crippen molar-refractivity contribution in [1.29, 1.82) is 0 Å². The summed E-state index contributed by atoms with van der Waals surface area (Å²) in [6.07, 6.45) is 7.22. The summed E-state index contributed by atoms with van der Waals surface area (Å²) in [7, 11) is 0. The molecule has 0 aromatic rings. The van der Waals surface area contributed by atoms with E-state index in [9.17, 15) is 9.59 Å². The molecule has 0 unspecified atom stereocenters. The highest BCUT2D eigenvalue weighted by atomic mass is 16.5. The Bertz CT molecular complexity index is 558. The Kier molecular flexibility index (Phi) is 3.83. The molecule has 4 nitrogen and oxygen atoms in total. The van der Waals surface area contributed by atoms with Gasteiger partial charge in [-0.05, 0) is 67.6 Å². The third-order valence-electron chi connectivity index (χ3n) is 7.94. The van der Waals surface area contributed by atoms with E-state index in [-0.39, 0.29) is 23.1 Å². The second kappa shape index (κ2) is 5.55. The number of hydrogen-bond acceptors (Lipinski definition) is 4. The lowest BCUT2D eigenvalue weighted by Gasteiger charge is -2.59. The van der Waals surface area contributed by atoms with Crippen molar-refractivity contribution >= 4 is 11.8 Å². The largest absolute Gasteiger partial charge is 0.455 e. The molecule has 0 aromatic carbocycles. The standard InChI is InChI=1S/C20H30O4/c1-12(21)24-16-7-9-20(3)14-6-8-19(2)10-11-23-18(19)13(14)4-5-15(20)17(16)22/h13-16,18H,4-11H2,1-3H3/t13-,14-,15+,16+,18+,19+,20+/m0/s1. The molecule has 3 saturated carbocycles. The van der Waals surface area contributed by atoms with Crippen LogP contribution < -0.4 is 0 Å². The van der Waals surface area contributed by atoms with Crippen LogP contribution in [0.4, 0.5) is 0 Å². The lowest BCUT2D eigenvalue weighted by atomic mass is 9.46. The zero-order chi connectivity index (χ0) is 17.1. The van der Waals surface area contributed by atoms with Crippen molar-refractivity contribution in [3.63, 3.8) is 0 Å². The molecule has 0 radical (unpaired) electrons. The fourth-order valence-electron chi connectivity index (χ4n) is 6.65. The SMILES string of the molecule is CC(=O)O[C@@H]1CC[C@@]2(C)[C@H](CC[C@@H]3[C@H]4OCC[C@@]4(C)CC[C@@H]32)C1=O. The van der Waals surface area contributed by atoms with E-state index in [1.54, 1.807) is 0 Å². The van der Waals surface area contributed by atoms with Gasteiger partial charge in [0.15, 0.2) is 11.9 Å². The lowest BCUT2D eigenvalue weighted by molar-refractivity contribution is -0.175. The van der Waals surface area contributed by atoms with E-state index in [1.807, 2.05) is 0 Å². The minimum atomic E-state index is -0.506. The second-order valence-corrected chi connectivity index (χ2v) is 9.18. The number of hydrogen-bond donors (Lipinski definition) is 0. The highest BCUT2D eigenvalue weighted by Crippen LogP contribution is 2.62. The molecule has 1 saturated heterocycles. The second-order valence-electron chi connectivity index (χ2n) is 9.18. The molecule has 4 fully saturated rings. The van der Waals surface area contributed by atoms with Crippen LogP contribution >= 0.6 is 0 Å². The van der Waals surface area contributed by atoms with Gasteiger partial charge < -0.3 is 9.47 Å². The first kappa shape index (κ1) is 16.6. The molecule has 4 rings (SSSR count). The zero-order valence-corrected chi connectivity index (χ0v) is 15.2. The van der Waals surface area contributed by atoms with Crippen molar-refractivity contribution in [1.82, 2.24) is 0 Å². The van der Waals surface area contributed by atoms with Gasteiger partial charge in [0.05, 0.1) is 6.10 Å². The van der Waals surface area contributed by atoms with Gasteiger partial charge in [0.25, 0.3) is 0 Å². The number of fused-ring (bicyclic) bond motifs is 5. The Hall–Kier alpha value is -0.900. The monoisotopic (exact) mass is 334 g/mol. The molecule has 4 aliphatic rings. The number of ketones is 1. The van der Waals surface area contributed by atoms with Gasteiger partial charge in [-0.15, -0.1) is 0 Å². The van der Waals surface area contributed by atoms with E-state index in [0.717, 1.165) is 25.9 Å². The summed E-state index contributed by atoms with van der Waals surface area (Å²) in [6, 6.07) is 0. The maximum absolute atomic E-state index is 13.0. The minimum Gasteiger partial charge on any atom is -0.455 e. The molecule has 0 aromatic heterocycles. The van der Waals surface area contributed by atoms with Gasteiger partial charge in [-0.25, -0.2) is 0 Å². The van der Waals surface area contributed by atoms with Crippen molar-refractivity contribution in [3.8, 4) is 0 Å². The molecule has 4 heteroatoms. The van der Waals surface area contributed by atoms with E-state index in [1.165, 1.54) is 26.2 Å². The smallest absolute Gasteiger partial charge is 0.303 e. The molecule has 24 heavy (non-hydrogen) atoms. The van der Waals surface area contributed by atoms with Crippen LogP contribution in [-0.2, 0) is 19.1 Å². The number of Topliss-reactive ketones (excluding diaryl/α,β-unsaturated/α-hetero) is 1. The van der Waals surface area contributed by atoms with Gasteiger partial charge in [0, 0.05) is 19.4 Å². The number of ether oxygens (including phenoxy) is 2. The first-order valence-corrected chi connectivity index (χ1v) is 9.68. The number of esters is 1. The fraction of sp³-hybridized carbons (Fsp3) is 0.900. The van der Waals surface area contributed by atoms with Crippen LogP contribution in [0.3, 0.4) is 0 Å². The molecule has 0 amide bonds. The summed E-state index contributed by atoms with van der Waals surface area (Å²) in [5.74, 6) is 1.08. The molecular weight excluding hydrogens is 304 g/mol. The van der Waals surface area contributed by atoms with Gasteiger partial charge in [-0.3, -0.25) is 9.59 Å². The molecule has 0 N–H and O–H groups in total. The average Bonchev–Trinajstić information content (AvgIpc) is 2.92. The third-order valence-corrected chi connectivity index (χ3v) is 7.94. The topological polar surface area (TPSA) is 52.6 Å². The van der Waals surface area contributed by atoms with Crippen molar-refractivity contribution in [3.05, 3.63) is 0 Å². The van der Waals surface area contributed by atoms with E-state index >= 15 is 0 Å². The van der Waals surface area contributed by atoms with Gasteiger partial charge in [0.1, 0.15) is 0 Å². The predicted octanol–water partition coefficient (Wildman–Crippen LogP) is 3.52. The molecular formula is C20H30O4. The maximum atomic E-state index is 13.0. The first-order chi connectivity index (χ1) is 11.3. The van der Waals surface area contributed by atoms with Gasteiger partial charge in [0.2, 0.25) is 0 Å². The normalized spacial score (nSPS) is 50.6. The molecule has 1 aliphatic heterocycles.